The maximum Gasteiger partial charge on any atom is 0.323 e. The topological polar surface area (TPSA) is 182 Å². The van der Waals surface area contributed by atoms with Gasteiger partial charge in [0.05, 0.1) is 32.3 Å². The zero-order valence-corrected chi connectivity index (χ0v) is 28.8. The van der Waals surface area contributed by atoms with Crippen LogP contribution in [0.5, 0.6) is 5.88 Å². The largest absolute Gasteiger partial charge is 0.476 e. The lowest BCUT2D eigenvalue weighted by Gasteiger charge is -2.28. The molecule has 4 N–H and O–H groups in total. The summed E-state index contributed by atoms with van der Waals surface area (Å²) in [5.74, 6) is -0.412. The number of halogens is 2. The SMILES string of the molecule is CCOc1nc(N)nc2c1ncn2[C@@H]1O[C@H](COP(=S)(N[C@@H](C)C(=O)OC(C)C)OCCSC(=O)C(C)(C)C)[C@@H](O)[C@]1(F)Cl. The monoisotopic (exact) mass is 700 g/mol. The van der Waals surface area contributed by atoms with E-state index in [4.69, 9.17) is 52.4 Å². The summed E-state index contributed by atoms with van der Waals surface area (Å²) < 4.78 is 45.3. The molecule has 1 unspecified atom stereocenters. The number of ether oxygens (including phenoxy) is 3. The van der Waals surface area contributed by atoms with E-state index in [2.05, 4.69) is 20.0 Å². The van der Waals surface area contributed by atoms with E-state index in [0.29, 0.717) is 0 Å². The van der Waals surface area contributed by atoms with Gasteiger partial charge in [-0.15, -0.1) is 0 Å². The highest BCUT2D eigenvalue weighted by Crippen LogP contribution is 2.49. The minimum absolute atomic E-state index is 0.00765. The fraction of sp³-hybridized carbons (Fsp3) is 0.720. The van der Waals surface area contributed by atoms with Crippen LogP contribution >= 0.6 is 30.0 Å². The third-order valence-corrected chi connectivity index (χ3v) is 10.3. The number of nitrogens with two attached hydrogens (primary N) is 1. The van der Waals surface area contributed by atoms with Gasteiger partial charge in [-0.25, -0.2) is 14.5 Å². The first kappa shape index (κ1) is 36.8. The number of esters is 1. The number of aromatic nitrogens is 4. The van der Waals surface area contributed by atoms with Gasteiger partial charge >= 0.3 is 5.97 Å². The molecule has 14 nitrogen and oxygen atoms in total. The number of alkyl halides is 2. The molecule has 248 valence electrons. The third-order valence-electron chi connectivity index (χ3n) is 5.98. The molecule has 1 aliphatic heterocycles. The van der Waals surface area contributed by atoms with Crippen molar-refractivity contribution in [2.45, 2.75) is 84.2 Å². The van der Waals surface area contributed by atoms with Gasteiger partial charge in [0.15, 0.2) is 22.5 Å². The zero-order chi connectivity index (χ0) is 33.0. The van der Waals surface area contributed by atoms with Crippen molar-refractivity contribution in [3.8, 4) is 5.88 Å². The van der Waals surface area contributed by atoms with Crippen LogP contribution in [-0.2, 0) is 39.9 Å². The normalized spacial score (nSPS) is 24.4. The number of imidazole rings is 1. The number of aliphatic hydroxyl groups excluding tert-OH is 1. The third kappa shape index (κ3) is 8.97. The highest BCUT2D eigenvalue weighted by Gasteiger charge is 2.58. The number of carbonyl (C=O) groups is 2. The second-order valence-electron chi connectivity index (χ2n) is 11.1. The summed E-state index contributed by atoms with van der Waals surface area (Å²) in [5, 5.41) is 10.8. The number of aliphatic hydroxyl groups is 1. The Hall–Kier alpha value is -1.69. The summed E-state index contributed by atoms with van der Waals surface area (Å²) in [7, 11) is 0. The van der Waals surface area contributed by atoms with Crippen LogP contribution in [0.2, 0.25) is 0 Å². The molecule has 44 heavy (non-hydrogen) atoms. The van der Waals surface area contributed by atoms with E-state index in [1.165, 1.54) is 17.8 Å². The molecule has 0 bridgehead atoms. The number of thioether (sulfide) groups is 1. The van der Waals surface area contributed by atoms with Crippen molar-refractivity contribution in [1.29, 1.82) is 0 Å². The average molecular weight is 701 g/mol. The molecule has 2 aromatic rings. The minimum atomic E-state index is -3.51. The second-order valence-corrected chi connectivity index (χ2v) is 16.0. The number of anilines is 1. The van der Waals surface area contributed by atoms with E-state index < -0.39 is 54.2 Å². The van der Waals surface area contributed by atoms with Crippen LogP contribution in [0.3, 0.4) is 0 Å². The van der Waals surface area contributed by atoms with Crippen LogP contribution in [0.25, 0.3) is 11.2 Å². The van der Waals surface area contributed by atoms with Crippen molar-refractivity contribution in [3.63, 3.8) is 0 Å². The van der Waals surface area contributed by atoms with Gasteiger partial charge < -0.3 is 34.1 Å². The van der Waals surface area contributed by atoms with Crippen LogP contribution in [0.4, 0.5) is 10.3 Å². The summed E-state index contributed by atoms with van der Waals surface area (Å²) in [6.07, 6.45) is -4.02. The van der Waals surface area contributed by atoms with Crippen molar-refractivity contribution in [2.75, 3.05) is 31.3 Å². The first-order chi connectivity index (χ1) is 20.4. The Morgan fingerprint density at radius 1 is 1.34 bits per heavy atom. The van der Waals surface area contributed by atoms with Gasteiger partial charge in [0.2, 0.25) is 11.8 Å². The lowest BCUT2D eigenvalue weighted by Crippen LogP contribution is -2.39. The lowest BCUT2D eigenvalue weighted by atomic mass is 10.00. The summed E-state index contributed by atoms with van der Waals surface area (Å²) in [4.78, 5) is 37.1. The predicted octanol–water partition coefficient (Wildman–Crippen LogP) is 3.46. The van der Waals surface area contributed by atoms with Crippen molar-refractivity contribution in [2.24, 2.45) is 5.41 Å². The van der Waals surface area contributed by atoms with Crippen molar-refractivity contribution in [1.82, 2.24) is 24.6 Å². The smallest absolute Gasteiger partial charge is 0.323 e. The number of nitrogens with one attached hydrogen (secondary N) is 1. The summed E-state index contributed by atoms with van der Waals surface area (Å²) >= 11 is 12.9. The maximum atomic E-state index is 15.9. The van der Waals surface area contributed by atoms with Gasteiger partial charge in [-0.3, -0.25) is 14.2 Å². The molecule has 19 heteroatoms. The fourth-order valence-corrected chi connectivity index (χ4v) is 7.40. The van der Waals surface area contributed by atoms with E-state index in [1.807, 2.05) is 0 Å². The molecular formula is C25H39ClFN6O8PS2. The van der Waals surface area contributed by atoms with Gasteiger partial charge in [-0.05, 0) is 39.5 Å². The van der Waals surface area contributed by atoms with Crippen LogP contribution in [-0.4, -0.2) is 90.8 Å². The number of rotatable bonds is 14. The first-order valence-corrected chi connectivity index (χ1v) is 17.8. The molecule has 0 saturated carbocycles. The van der Waals surface area contributed by atoms with Crippen LogP contribution < -0.4 is 15.6 Å². The van der Waals surface area contributed by atoms with E-state index in [1.54, 1.807) is 41.5 Å². The van der Waals surface area contributed by atoms with E-state index in [-0.39, 0.29) is 53.2 Å². The van der Waals surface area contributed by atoms with Crippen molar-refractivity contribution in [3.05, 3.63) is 6.33 Å². The predicted molar refractivity (Wildman–Crippen MR) is 167 cm³/mol. The first-order valence-electron chi connectivity index (χ1n) is 13.8. The summed E-state index contributed by atoms with van der Waals surface area (Å²) in [6, 6.07) is -0.940. The van der Waals surface area contributed by atoms with Gasteiger partial charge in [-0.2, -0.15) is 9.97 Å². The Morgan fingerprint density at radius 2 is 2.02 bits per heavy atom. The van der Waals surface area contributed by atoms with E-state index >= 15 is 4.39 Å². The highest BCUT2D eigenvalue weighted by molar-refractivity contribution is 8.13. The molecule has 6 atom stereocenters. The summed E-state index contributed by atoms with van der Waals surface area (Å²) in [6.45, 7) is 8.33. The Morgan fingerprint density at radius 3 is 2.64 bits per heavy atom. The number of carbonyl (C=O) groups excluding carboxylic acids is 2. The molecule has 0 aromatic carbocycles. The Kier molecular flexibility index (Phi) is 12.4. The van der Waals surface area contributed by atoms with Gasteiger partial charge in [-0.1, -0.05) is 44.1 Å². The maximum absolute atomic E-state index is 15.9. The molecule has 2 aromatic heterocycles. The standard InChI is InChI=1S/C25H39ClFN6O8PS2/c1-8-37-19-16-18(30-23(28)31-19)33(12-29-16)21-25(26,27)17(34)15(41-21)11-39-42(43,32-14(4)20(35)40-13(2)3)38-9-10-44-22(36)24(5,6)7/h12-15,17,21,34H,8-11H2,1-7H3,(H,32,43)(H2,28,30,31)/t14-,15+,17+,21+,25+,42?/m0/s1. The zero-order valence-electron chi connectivity index (χ0n) is 25.5. The molecule has 1 fully saturated rings. The second kappa shape index (κ2) is 14.8. The molecule has 1 saturated heterocycles. The number of hydrogen-bond donors (Lipinski definition) is 3. The van der Waals surface area contributed by atoms with Crippen LogP contribution in [0, 0.1) is 5.41 Å². The van der Waals surface area contributed by atoms with Crippen molar-refractivity contribution >= 4 is 70.0 Å². The van der Waals surface area contributed by atoms with Gasteiger partial charge in [0, 0.05) is 11.2 Å². The fourth-order valence-electron chi connectivity index (χ4n) is 3.84. The Balaban J connectivity index is 1.78. The molecule has 3 rings (SSSR count). The number of hydrogen-bond acceptors (Lipinski definition) is 14. The van der Waals surface area contributed by atoms with Crippen molar-refractivity contribution < 1.29 is 42.3 Å². The van der Waals surface area contributed by atoms with Gasteiger partial charge in [0.1, 0.15) is 18.2 Å². The molecule has 0 amide bonds. The van der Waals surface area contributed by atoms with E-state index in [9.17, 15) is 14.7 Å². The quantitative estimate of drug-likeness (QED) is 0.113. The van der Waals surface area contributed by atoms with Gasteiger partial charge in [0.25, 0.3) is 11.8 Å². The molecule has 1 aliphatic rings. The Labute approximate surface area is 269 Å². The molecule has 0 spiro atoms. The Bertz CT molecular complexity index is 1380. The molecule has 0 aliphatic carbocycles. The van der Waals surface area contributed by atoms with Crippen LogP contribution in [0.1, 0.15) is 54.7 Å². The lowest BCUT2D eigenvalue weighted by molar-refractivity contribution is -0.149. The average Bonchev–Trinajstić information content (AvgIpc) is 3.42. The highest BCUT2D eigenvalue weighted by atomic mass is 35.5. The number of nitrogen functional groups attached to an aromatic ring is 1. The number of nitrogens with zero attached hydrogens (tertiary/aromatic N) is 4. The van der Waals surface area contributed by atoms with E-state index in [0.717, 1.165) is 11.8 Å². The number of fused-ring (bicyclic) bond motifs is 1. The minimum Gasteiger partial charge on any atom is -0.476 e. The molecule has 0 radical (unpaired) electrons. The molecule has 3 heterocycles. The molecular weight excluding hydrogens is 662 g/mol. The van der Waals surface area contributed by atoms with Crippen LogP contribution in [0.15, 0.2) is 6.33 Å². The summed E-state index contributed by atoms with van der Waals surface area (Å²) in [5.41, 5.74) is 5.51.